The molecule has 0 atom stereocenters. The smallest absolute Gasteiger partial charge is 0.404 e. The van der Waals surface area contributed by atoms with Crippen LogP contribution in [0.4, 0.5) is 4.79 Å². The number of hydrogen-bond acceptors (Lipinski definition) is 2. The van der Waals surface area contributed by atoms with Crippen LogP contribution in [-0.4, -0.2) is 11.5 Å². The Morgan fingerprint density at radius 1 is 1.31 bits per heavy atom. The minimum Gasteiger partial charge on any atom is -0.450 e. The zero-order valence-electron chi connectivity index (χ0n) is 8.25. The first-order valence-corrected chi connectivity index (χ1v) is 5.33. The van der Waals surface area contributed by atoms with Gasteiger partial charge in [0.15, 0.2) is 0 Å². The fourth-order valence-electron chi connectivity index (χ4n) is 2.00. The van der Waals surface area contributed by atoms with E-state index < -0.39 is 5.43 Å². The molecule has 0 bridgehead atoms. The monoisotopic (exact) mass is 204 g/mol. The molecule has 0 unspecified atom stereocenters. The Kier molecular flexibility index (Phi) is 4.04. The van der Waals surface area contributed by atoms with Crippen LogP contribution in [0.25, 0.3) is 0 Å². The number of ether oxygens (including phenoxy) is 1. The number of carbonyl (C=O) groups excluding carboxylic acids is 1. The summed E-state index contributed by atoms with van der Waals surface area (Å²) in [6.45, 7) is 4.50. The van der Waals surface area contributed by atoms with E-state index >= 15 is 0 Å². The van der Waals surface area contributed by atoms with E-state index in [1.807, 2.05) is 0 Å². The zero-order valence-corrected chi connectivity index (χ0v) is 9.01. The maximum atomic E-state index is 10.5. The lowest BCUT2D eigenvalue weighted by atomic mass is 9.80. The number of hydrogen-bond donors (Lipinski definition) is 0. The first kappa shape index (κ1) is 10.8. The first-order valence-electron chi connectivity index (χ1n) is 4.95. The third-order valence-electron chi connectivity index (χ3n) is 2.92. The van der Waals surface area contributed by atoms with Crippen LogP contribution in [0.5, 0.6) is 0 Å². The van der Waals surface area contributed by atoms with Crippen molar-refractivity contribution in [2.75, 3.05) is 0 Å². The maximum absolute atomic E-state index is 10.5. The van der Waals surface area contributed by atoms with Gasteiger partial charge in [-0.2, -0.15) is 0 Å². The molecule has 0 spiro atoms. The second-order valence-electron chi connectivity index (χ2n) is 4.14. The van der Waals surface area contributed by atoms with Gasteiger partial charge in [0.05, 0.1) is 0 Å². The molecule has 1 saturated carbocycles. The molecule has 0 aromatic heterocycles. The molecule has 2 nitrogen and oxygen atoms in total. The molecular weight excluding hydrogens is 188 g/mol. The Bertz CT molecular complexity index is 172. The van der Waals surface area contributed by atoms with Gasteiger partial charge < -0.3 is 4.74 Å². The van der Waals surface area contributed by atoms with Gasteiger partial charge in [0.2, 0.25) is 0 Å². The Balaban J connectivity index is 2.26. The summed E-state index contributed by atoms with van der Waals surface area (Å²) < 4.78 is 4.95. The summed E-state index contributed by atoms with van der Waals surface area (Å²) in [7, 11) is 0. The average Bonchev–Trinajstić information content (AvgIpc) is 2.04. The molecule has 0 amide bonds. The lowest BCUT2D eigenvalue weighted by molar-refractivity contribution is 0.0746. The van der Waals surface area contributed by atoms with Crippen LogP contribution in [0.3, 0.4) is 0 Å². The predicted molar refractivity (Wildman–Crippen MR) is 52.9 cm³/mol. The highest BCUT2D eigenvalue weighted by molar-refractivity contribution is 6.61. The van der Waals surface area contributed by atoms with Crippen molar-refractivity contribution in [3.05, 3.63) is 0 Å². The molecule has 1 aliphatic carbocycles. The largest absolute Gasteiger partial charge is 0.450 e. The zero-order chi connectivity index (χ0) is 9.84. The summed E-state index contributed by atoms with van der Waals surface area (Å²) in [6, 6.07) is 0. The second kappa shape index (κ2) is 4.85. The molecule has 13 heavy (non-hydrogen) atoms. The van der Waals surface area contributed by atoms with Gasteiger partial charge in [-0.25, -0.2) is 4.79 Å². The second-order valence-corrected chi connectivity index (χ2v) is 4.44. The van der Waals surface area contributed by atoms with Crippen molar-refractivity contribution in [1.29, 1.82) is 0 Å². The lowest BCUT2D eigenvalue weighted by Gasteiger charge is -2.29. The molecule has 1 rings (SSSR count). The molecule has 0 radical (unpaired) electrons. The van der Waals surface area contributed by atoms with E-state index in [4.69, 9.17) is 16.3 Å². The van der Waals surface area contributed by atoms with Crippen molar-refractivity contribution in [3.63, 3.8) is 0 Å². The molecule has 0 N–H and O–H groups in total. The lowest BCUT2D eigenvalue weighted by Crippen LogP contribution is -2.24. The van der Waals surface area contributed by atoms with Gasteiger partial charge in [-0.3, -0.25) is 0 Å². The highest BCUT2D eigenvalue weighted by atomic mass is 35.5. The van der Waals surface area contributed by atoms with Crippen LogP contribution in [0.2, 0.25) is 0 Å². The Hall–Kier alpha value is -0.240. The van der Waals surface area contributed by atoms with Crippen molar-refractivity contribution in [2.45, 2.75) is 45.6 Å². The fourth-order valence-corrected chi connectivity index (χ4v) is 2.13. The van der Waals surface area contributed by atoms with Crippen LogP contribution in [0.1, 0.15) is 39.5 Å². The normalized spacial score (nSPS) is 28.9. The maximum Gasteiger partial charge on any atom is 0.404 e. The number of rotatable bonds is 2. The topological polar surface area (TPSA) is 26.3 Å². The van der Waals surface area contributed by atoms with Crippen molar-refractivity contribution >= 4 is 17.0 Å². The van der Waals surface area contributed by atoms with Gasteiger partial charge >= 0.3 is 5.43 Å². The molecule has 0 aromatic rings. The van der Waals surface area contributed by atoms with Gasteiger partial charge in [-0.1, -0.05) is 13.8 Å². The highest BCUT2D eigenvalue weighted by Crippen LogP contribution is 2.31. The van der Waals surface area contributed by atoms with E-state index in [1.54, 1.807) is 0 Å². The van der Waals surface area contributed by atoms with Crippen LogP contribution in [0.15, 0.2) is 0 Å². The van der Waals surface area contributed by atoms with E-state index in [0.29, 0.717) is 0 Å². The van der Waals surface area contributed by atoms with Crippen molar-refractivity contribution in [3.8, 4) is 0 Å². The SMILES string of the molecule is CC(C)[C@H]1CC[C@H](OC(=O)Cl)CC1. The van der Waals surface area contributed by atoms with Crippen LogP contribution >= 0.6 is 11.6 Å². The summed E-state index contributed by atoms with van der Waals surface area (Å²) in [6.07, 6.45) is 4.33. The summed E-state index contributed by atoms with van der Waals surface area (Å²) in [4.78, 5) is 10.5. The third-order valence-corrected chi connectivity index (χ3v) is 3.01. The average molecular weight is 205 g/mol. The summed E-state index contributed by atoms with van der Waals surface area (Å²) in [5, 5.41) is 0. The number of carbonyl (C=O) groups is 1. The van der Waals surface area contributed by atoms with Crippen LogP contribution in [0, 0.1) is 11.8 Å². The predicted octanol–water partition coefficient (Wildman–Crippen LogP) is 3.58. The van der Waals surface area contributed by atoms with Crippen molar-refractivity contribution in [2.24, 2.45) is 11.8 Å². The van der Waals surface area contributed by atoms with E-state index in [1.165, 1.54) is 0 Å². The molecule has 0 aliphatic heterocycles. The van der Waals surface area contributed by atoms with E-state index in [0.717, 1.165) is 37.5 Å². The van der Waals surface area contributed by atoms with E-state index in [-0.39, 0.29) is 6.10 Å². The molecule has 1 fully saturated rings. The highest BCUT2D eigenvalue weighted by Gasteiger charge is 2.24. The Morgan fingerprint density at radius 3 is 2.23 bits per heavy atom. The van der Waals surface area contributed by atoms with Crippen LogP contribution in [-0.2, 0) is 4.74 Å². The molecule has 0 aromatic carbocycles. The van der Waals surface area contributed by atoms with E-state index in [2.05, 4.69) is 13.8 Å². The Labute approximate surface area is 84.6 Å². The molecule has 0 saturated heterocycles. The molecule has 3 heteroatoms. The summed E-state index contributed by atoms with van der Waals surface area (Å²) >= 11 is 5.15. The van der Waals surface area contributed by atoms with Gasteiger partial charge in [-0.05, 0) is 37.5 Å². The standard InChI is InChI=1S/C10H17ClO2/c1-7(2)8-3-5-9(6-4-8)13-10(11)12/h7-9H,3-6H2,1-2H3/t8-,9-. The minimum absolute atomic E-state index is 0.0694. The van der Waals surface area contributed by atoms with Gasteiger partial charge in [0.1, 0.15) is 6.10 Å². The summed E-state index contributed by atoms with van der Waals surface area (Å²) in [5.41, 5.74) is -0.659. The van der Waals surface area contributed by atoms with Crippen molar-refractivity contribution < 1.29 is 9.53 Å². The van der Waals surface area contributed by atoms with Gasteiger partial charge in [0.25, 0.3) is 0 Å². The van der Waals surface area contributed by atoms with Crippen molar-refractivity contribution in [1.82, 2.24) is 0 Å². The fraction of sp³-hybridized carbons (Fsp3) is 0.900. The summed E-state index contributed by atoms with van der Waals surface area (Å²) in [5.74, 6) is 1.54. The van der Waals surface area contributed by atoms with E-state index in [9.17, 15) is 4.79 Å². The molecular formula is C10H17ClO2. The van der Waals surface area contributed by atoms with Gasteiger partial charge in [0, 0.05) is 11.6 Å². The first-order chi connectivity index (χ1) is 6.09. The number of halogens is 1. The Morgan fingerprint density at radius 2 is 1.85 bits per heavy atom. The quantitative estimate of drug-likeness (QED) is 0.643. The molecule has 1 aliphatic rings. The third kappa shape index (κ3) is 3.55. The van der Waals surface area contributed by atoms with Gasteiger partial charge in [-0.15, -0.1) is 0 Å². The van der Waals surface area contributed by atoms with Crippen LogP contribution < -0.4 is 0 Å². The molecule has 76 valence electrons. The molecule has 0 heterocycles. The minimum atomic E-state index is -0.659.